The van der Waals surface area contributed by atoms with Crippen molar-refractivity contribution in [2.75, 3.05) is 0 Å². The Morgan fingerprint density at radius 3 is 0.810 bits per heavy atom. The molecule has 0 atom stereocenters. The van der Waals surface area contributed by atoms with Crippen molar-refractivity contribution in [1.82, 2.24) is 0 Å². The lowest BCUT2D eigenvalue weighted by Gasteiger charge is -2.07. The normalized spacial score (nSPS) is 9.62. The van der Waals surface area contributed by atoms with E-state index in [0.29, 0.717) is 0 Å². The van der Waals surface area contributed by atoms with Crippen molar-refractivity contribution in [3.63, 3.8) is 0 Å². The average molecular weight is 529 g/mol. The molecule has 0 amide bonds. The van der Waals surface area contributed by atoms with Gasteiger partial charge in [0.05, 0.1) is 0 Å². The number of rotatable bonds is 0. The second-order valence-electron chi connectivity index (χ2n) is 9.61. The van der Waals surface area contributed by atoms with Crippen LogP contribution in [0.3, 0.4) is 0 Å². The summed E-state index contributed by atoms with van der Waals surface area (Å²) < 4.78 is 0. The van der Waals surface area contributed by atoms with Gasteiger partial charge in [0.2, 0.25) is 0 Å². The fraction of sp³-hybridized carbons (Fsp3) is 0. The zero-order chi connectivity index (χ0) is 28.4. The van der Waals surface area contributed by atoms with E-state index >= 15 is 0 Å². The maximum atomic E-state index is 3.43. The second kappa shape index (κ2) is 12.8. The zero-order valence-electron chi connectivity index (χ0n) is 22.9. The molecule has 0 radical (unpaired) electrons. The van der Waals surface area contributed by atoms with E-state index in [1.54, 1.807) is 0 Å². The molecule has 42 heavy (non-hydrogen) atoms. The summed E-state index contributed by atoms with van der Waals surface area (Å²) >= 11 is 0. The molecule has 0 heterocycles. The van der Waals surface area contributed by atoms with Crippen LogP contribution < -0.4 is 0 Å². The minimum Gasteiger partial charge on any atom is -0.0622 e. The number of hydrogen-bond donors (Lipinski definition) is 0. The van der Waals surface area contributed by atoms with Crippen molar-refractivity contribution in [2.24, 2.45) is 0 Å². The molecule has 0 aliphatic carbocycles. The first-order valence-electron chi connectivity index (χ1n) is 13.7. The van der Waals surface area contributed by atoms with Crippen molar-refractivity contribution in [1.29, 1.82) is 0 Å². The predicted octanol–water partition coefficient (Wildman–Crippen LogP) is 8.44. The molecule has 0 aliphatic heterocycles. The summed E-state index contributed by atoms with van der Waals surface area (Å²) in [5, 5.41) is 2.00. The van der Waals surface area contributed by atoms with Crippen LogP contribution in [0.5, 0.6) is 0 Å². The van der Waals surface area contributed by atoms with Crippen molar-refractivity contribution >= 4 is 10.8 Å². The van der Waals surface area contributed by atoms with Crippen molar-refractivity contribution in [3.05, 3.63) is 190 Å². The van der Waals surface area contributed by atoms with E-state index in [4.69, 9.17) is 0 Å². The maximum Gasteiger partial charge on any atom is 0.0340 e. The molecule has 0 N–H and O–H groups in total. The van der Waals surface area contributed by atoms with Gasteiger partial charge in [0, 0.05) is 44.5 Å². The lowest BCUT2D eigenvalue weighted by atomic mass is 9.94. The molecule has 0 aromatic heterocycles. The Labute approximate surface area is 247 Å². The van der Waals surface area contributed by atoms with Gasteiger partial charge in [-0.05, 0) is 83.6 Å². The van der Waals surface area contributed by atoms with Crippen LogP contribution in [0, 0.1) is 47.4 Å². The largest absolute Gasteiger partial charge is 0.0622 e. The Kier molecular flexibility index (Phi) is 7.93. The standard InChI is InChI=1S/C42H24/c1-5-13-33(14-6-1)21-23-37-29-39(27-25-35-17-9-3-10-18-35)42-32-38(24-22-34-15-7-2-8-16-34)30-40(41(42)31-37)28-26-36-19-11-4-12-20-36/h1-20,29-32H. The van der Waals surface area contributed by atoms with Crippen LogP contribution in [0.4, 0.5) is 0 Å². The molecule has 6 aromatic rings. The molecule has 0 unspecified atom stereocenters. The molecule has 6 rings (SSSR count). The lowest BCUT2D eigenvalue weighted by molar-refractivity contribution is 1.59. The fourth-order valence-corrected chi connectivity index (χ4v) is 4.47. The van der Waals surface area contributed by atoms with Gasteiger partial charge >= 0.3 is 0 Å². The molecular weight excluding hydrogens is 504 g/mol. The summed E-state index contributed by atoms with van der Waals surface area (Å²) in [5.74, 6) is 26.9. The van der Waals surface area contributed by atoms with Crippen molar-refractivity contribution in [2.45, 2.75) is 0 Å². The van der Waals surface area contributed by atoms with Crippen molar-refractivity contribution < 1.29 is 0 Å². The van der Waals surface area contributed by atoms with Gasteiger partial charge in [-0.25, -0.2) is 0 Å². The van der Waals surface area contributed by atoms with Crippen LogP contribution in [-0.4, -0.2) is 0 Å². The molecule has 192 valence electrons. The number of benzene rings is 6. The number of fused-ring (bicyclic) bond motifs is 1. The molecule has 0 fully saturated rings. The molecule has 0 saturated carbocycles. The Morgan fingerprint density at radius 2 is 0.500 bits per heavy atom. The molecular formula is C42H24. The topological polar surface area (TPSA) is 0 Å². The van der Waals surface area contributed by atoms with Gasteiger partial charge in [0.15, 0.2) is 0 Å². The Morgan fingerprint density at radius 1 is 0.238 bits per heavy atom. The molecule has 0 spiro atoms. The smallest absolute Gasteiger partial charge is 0.0340 e. The summed E-state index contributed by atoms with van der Waals surface area (Å²) in [6.45, 7) is 0. The average Bonchev–Trinajstić information content (AvgIpc) is 3.06. The second-order valence-corrected chi connectivity index (χ2v) is 9.61. The van der Waals surface area contributed by atoms with Gasteiger partial charge in [0.25, 0.3) is 0 Å². The SMILES string of the molecule is C(#Cc1cc(C#Cc2ccccc2)c2cc(C#Cc3ccccc3)cc(C#Cc3ccccc3)c2c1)c1ccccc1. The minimum atomic E-state index is 0.884. The monoisotopic (exact) mass is 528 g/mol. The number of hydrogen-bond acceptors (Lipinski definition) is 0. The predicted molar refractivity (Wildman–Crippen MR) is 174 cm³/mol. The van der Waals surface area contributed by atoms with E-state index in [9.17, 15) is 0 Å². The van der Waals surface area contributed by atoms with Crippen LogP contribution in [-0.2, 0) is 0 Å². The first-order chi connectivity index (χ1) is 20.8. The van der Waals surface area contributed by atoms with Gasteiger partial charge in [-0.1, -0.05) is 120 Å². The van der Waals surface area contributed by atoms with E-state index in [0.717, 1.165) is 55.3 Å². The highest BCUT2D eigenvalue weighted by atomic mass is 14.1. The highest BCUT2D eigenvalue weighted by molar-refractivity contribution is 5.95. The Hall–Kier alpha value is -6.18. The maximum absolute atomic E-state index is 3.43. The third-order valence-corrected chi connectivity index (χ3v) is 6.55. The van der Waals surface area contributed by atoms with Gasteiger partial charge < -0.3 is 0 Å². The van der Waals surface area contributed by atoms with Gasteiger partial charge in [-0.15, -0.1) is 0 Å². The van der Waals surface area contributed by atoms with E-state index in [2.05, 4.69) is 71.6 Å². The minimum absolute atomic E-state index is 0.884. The highest BCUT2D eigenvalue weighted by Crippen LogP contribution is 2.26. The van der Waals surface area contributed by atoms with Gasteiger partial charge in [-0.3, -0.25) is 0 Å². The summed E-state index contributed by atoms with van der Waals surface area (Å²) in [6.07, 6.45) is 0. The molecule has 0 aliphatic rings. The van der Waals surface area contributed by atoms with Crippen LogP contribution in [0.2, 0.25) is 0 Å². The molecule has 0 nitrogen and oxygen atoms in total. The van der Waals surface area contributed by atoms with Crippen LogP contribution >= 0.6 is 0 Å². The zero-order valence-corrected chi connectivity index (χ0v) is 22.9. The Bertz CT molecular complexity index is 1950. The van der Waals surface area contributed by atoms with E-state index in [1.165, 1.54) is 0 Å². The third-order valence-electron chi connectivity index (χ3n) is 6.55. The highest BCUT2D eigenvalue weighted by Gasteiger charge is 2.08. The van der Waals surface area contributed by atoms with Crippen molar-refractivity contribution in [3.8, 4) is 47.4 Å². The van der Waals surface area contributed by atoms with E-state index < -0.39 is 0 Å². The fourth-order valence-electron chi connectivity index (χ4n) is 4.47. The molecule has 0 bridgehead atoms. The third kappa shape index (κ3) is 6.69. The van der Waals surface area contributed by atoms with Gasteiger partial charge in [0.1, 0.15) is 0 Å². The summed E-state index contributed by atoms with van der Waals surface area (Å²) in [6, 6.07) is 48.4. The van der Waals surface area contributed by atoms with Crippen LogP contribution in [0.1, 0.15) is 44.5 Å². The first kappa shape index (κ1) is 26.1. The van der Waals surface area contributed by atoms with Crippen LogP contribution in [0.15, 0.2) is 146 Å². The van der Waals surface area contributed by atoms with Gasteiger partial charge in [-0.2, -0.15) is 0 Å². The molecule has 0 saturated heterocycles. The summed E-state index contributed by atoms with van der Waals surface area (Å²) in [7, 11) is 0. The van der Waals surface area contributed by atoms with E-state index in [1.807, 2.05) is 121 Å². The quantitative estimate of drug-likeness (QED) is 0.174. The summed E-state index contributed by atoms with van der Waals surface area (Å²) in [4.78, 5) is 0. The molecule has 6 aromatic carbocycles. The van der Waals surface area contributed by atoms with Crippen LogP contribution in [0.25, 0.3) is 10.8 Å². The molecule has 0 heteroatoms. The first-order valence-corrected chi connectivity index (χ1v) is 13.7. The van der Waals surface area contributed by atoms with E-state index in [-0.39, 0.29) is 0 Å². The lowest BCUT2D eigenvalue weighted by Crippen LogP contribution is -1.91. The summed E-state index contributed by atoms with van der Waals surface area (Å²) in [5.41, 5.74) is 7.38. The Balaban J connectivity index is 1.57.